The van der Waals surface area contributed by atoms with Crippen LogP contribution in [-0.4, -0.2) is 64.0 Å². The molecule has 0 rings (SSSR count). The summed E-state index contributed by atoms with van der Waals surface area (Å²) in [5.74, 6) is -0.136. The first-order valence-corrected chi connectivity index (χ1v) is 21.5. The van der Waals surface area contributed by atoms with Gasteiger partial charge in [0.1, 0.15) is 12.7 Å². The summed E-state index contributed by atoms with van der Waals surface area (Å²) >= 11 is 0. The van der Waals surface area contributed by atoms with E-state index in [0.29, 0.717) is 19.6 Å². The summed E-state index contributed by atoms with van der Waals surface area (Å²) in [6.45, 7) is 7.67. The Kier molecular flexibility index (Phi) is 40.8. The molecule has 0 spiro atoms. The highest BCUT2D eigenvalue weighted by Crippen LogP contribution is 2.12. The summed E-state index contributed by atoms with van der Waals surface area (Å²) in [4.78, 5) is 14.3. The second kappa shape index (κ2) is 42.0. The maximum Gasteiger partial charge on any atom is 0.305 e. The largest absolute Gasteiger partial charge is 0.463 e. The van der Waals surface area contributed by atoms with Crippen LogP contribution in [0.3, 0.4) is 0 Å². The van der Waals surface area contributed by atoms with Crippen molar-refractivity contribution in [2.45, 2.75) is 200 Å². The smallest absolute Gasteiger partial charge is 0.305 e. The lowest BCUT2D eigenvalue weighted by molar-refractivity contribution is -0.150. The van der Waals surface area contributed by atoms with Crippen LogP contribution < -0.4 is 0 Å². The zero-order valence-electron chi connectivity index (χ0n) is 34.0. The lowest BCUT2D eigenvalue weighted by atomic mass is 10.1. The van der Waals surface area contributed by atoms with Crippen molar-refractivity contribution in [2.75, 3.05) is 47.1 Å². The summed E-state index contributed by atoms with van der Waals surface area (Å²) in [6.07, 6.45) is 48.3. The third-order valence-electron chi connectivity index (χ3n) is 9.22. The first kappa shape index (κ1) is 48.6. The molecule has 0 fully saturated rings. The van der Waals surface area contributed by atoms with Gasteiger partial charge in [-0.05, 0) is 97.7 Å². The van der Waals surface area contributed by atoms with Gasteiger partial charge < -0.3 is 19.1 Å². The van der Waals surface area contributed by atoms with E-state index < -0.39 is 0 Å². The normalized spacial score (nSPS) is 12.7. The molecule has 0 aliphatic rings. The first-order valence-electron chi connectivity index (χ1n) is 21.5. The monoisotopic (exact) mass is 704 g/mol. The molecule has 0 heterocycles. The predicted molar refractivity (Wildman–Crippen MR) is 218 cm³/mol. The minimum atomic E-state index is -0.180. The molecule has 5 heteroatoms. The van der Waals surface area contributed by atoms with Gasteiger partial charge in [0, 0.05) is 19.6 Å². The molecular weight excluding hydrogens is 618 g/mol. The van der Waals surface area contributed by atoms with Gasteiger partial charge in [-0.1, -0.05) is 147 Å². The molecule has 0 aliphatic carbocycles. The van der Waals surface area contributed by atoms with Crippen LogP contribution in [0.5, 0.6) is 0 Å². The molecule has 0 aromatic carbocycles. The Morgan fingerprint density at radius 3 is 1.50 bits per heavy atom. The number of nitrogens with zero attached hydrogens (tertiary/aromatic N) is 1. The third-order valence-corrected chi connectivity index (χ3v) is 9.22. The van der Waals surface area contributed by atoms with E-state index in [1.165, 1.54) is 148 Å². The van der Waals surface area contributed by atoms with Crippen LogP contribution in [0.1, 0.15) is 194 Å². The molecule has 0 amide bonds. The average Bonchev–Trinajstić information content (AvgIpc) is 3.10. The minimum absolute atomic E-state index is 0.136. The Labute approximate surface area is 312 Å². The number of carbonyl (C=O) groups is 1. The van der Waals surface area contributed by atoms with Crippen LogP contribution >= 0.6 is 0 Å². The molecule has 50 heavy (non-hydrogen) atoms. The number of hydrogen-bond donors (Lipinski definition) is 0. The summed E-state index contributed by atoms with van der Waals surface area (Å²) in [7, 11) is 4.05. The van der Waals surface area contributed by atoms with Gasteiger partial charge in [0.05, 0.1) is 6.61 Å². The van der Waals surface area contributed by atoms with Crippen molar-refractivity contribution in [3.63, 3.8) is 0 Å². The fourth-order valence-electron chi connectivity index (χ4n) is 5.95. The van der Waals surface area contributed by atoms with E-state index in [-0.39, 0.29) is 18.7 Å². The Morgan fingerprint density at radius 1 is 0.520 bits per heavy atom. The van der Waals surface area contributed by atoms with Gasteiger partial charge in [-0.3, -0.25) is 4.79 Å². The number of hydrogen-bond acceptors (Lipinski definition) is 5. The lowest BCUT2D eigenvalue weighted by Gasteiger charge is -2.18. The fraction of sp³-hybridized carbons (Fsp3) is 0.844. The van der Waals surface area contributed by atoms with Crippen molar-refractivity contribution in [1.82, 2.24) is 4.90 Å². The number of unbranched alkanes of at least 4 members (excludes halogenated alkanes) is 21. The number of rotatable bonds is 40. The Morgan fingerprint density at radius 2 is 0.960 bits per heavy atom. The maximum absolute atomic E-state index is 12.3. The molecule has 0 aliphatic heterocycles. The van der Waals surface area contributed by atoms with Crippen LogP contribution in [0.25, 0.3) is 0 Å². The van der Waals surface area contributed by atoms with Gasteiger partial charge >= 0.3 is 5.97 Å². The second-order valence-electron chi connectivity index (χ2n) is 14.7. The molecule has 0 aromatic heterocycles. The molecule has 1 unspecified atom stereocenters. The maximum atomic E-state index is 12.3. The topological polar surface area (TPSA) is 48.0 Å². The number of esters is 1. The molecule has 5 nitrogen and oxygen atoms in total. The molecule has 1 atom stereocenters. The zero-order chi connectivity index (χ0) is 36.4. The van der Waals surface area contributed by atoms with Crippen molar-refractivity contribution in [3.05, 3.63) is 36.5 Å². The van der Waals surface area contributed by atoms with Gasteiger partial charge in [0.15, 0.2) is 0 Å². The zero-order valence-corrected chi connectivity index (χ0v) is 34.0. The number of allylic oxidation sites excluding steroid dienone is 6. The summed E-state index contributed by atoms with van der Waals surface area (Å²) in [5, 5.41) is 0. The molecule has 0 bridgehead atoms. The third kappa shape index (κ3) is 41.0. The Hall–Kier alpha value is -1.43. The number of carbonyl (C=O) groups excluding carboxylic acids is 1. The van der Waals surface area contributed by atoms with E-state index in [9.17, 15) is 4.79 Å². The van der Waals surface area contributed by atoms with Crippen molar-refractivity contribution in [3.8, 4) is 0 Å². The lowest BCUT2D eigenvalue weighted by Crippen LogP contribution is -2.28. The highest BCUT2D eigenvalue weighted by molar-refractivity contribution is 5.69. The van der Waals surface area contributed by atoms with E-state index >= 15 is 0 Å². The van der Waals surface area contributed by atoms with Crippen LogP contribution in [-0.2, 0) is 19.0 Å². The van der Waals surface area contributed by atoms with Gasteiger partial charge in [-0.15, -0.1) is 0 Å². The van der Waals surface area contributed by atoms with Crippen LogP contribution in [0.15, 0.2) is 36.5 Å². The molecule has 0 aromatic rings. The quantitative estimate of drug-likeness (QED) is 0.0361. The molecule has 0 radical (unpaired) electrons. The molecular formula is C45H85NO4. The van der Waals surface area contributed by atoms with Crippen molar-refractivity contribution < 1.29 is 19.0 Å². The predicted octanol–water partition coefficient (Wildman–Crippen LogP) is 13.1. The average molecular weight is 704 g/mol. The standard InChI is InChI=1S/C45H85NO4/c1-5-7-9-11-13-15-17-19-21-23-25-27-29-31-33-35-40-48-42-44(43-50-45(47)38-37-39-46(3)4)49-41-36-34-32-30-28-26-24-22-20-18-16-14-12-10-8-6-2/h13,15,19-22,44H,5-12,14,16-18,23-43H2,1-4H3. The number of ether oxygens (including phenoxy) is 3. The van der Waals surface area contributed by atoms with Crippen molar-refractivity contribution >= 4 is 5.97 Å². The minimum Gasteiger partial charge on any atom is -0.463 e. The van der Waals surface area contributed by atoms with Crippen LogP contribution in [0.4, 0.5) is 0 Å². The van der Waals surface area contributed by atoms with Crippen LogP contribution in [0.2, 0.25) is 0 Å². The van der Waals surface area contributed by atoms with E-state index in [0.717, 1.165) is 38.8 Å². The van der Waals surface area contributed by atoms with E-state index in [2.05, 4.69) is 55.2 Å². The first-order chi connectivity index (χ1) is 24.6. The summed E-state index contributed by atoms with van der Waals surface area (Å²) in [5.41, 5.74) is 0. The summed E-state index contributed by atoms with van der Waals surface area (Å²) in [6, 6.07) is 0. The van der Waals surface area contributed by atoms with Gasteiger partial charge in [0.25, 0.3) is 0 Å². The highest BCUT2D eigenvalue weighted by Gasteiger charge is 2.13. The SMILES string of the molecule is CCCCCC=CCC=CCCCCCCCCOCC(COC(=O)CCCN(C)C)OCCCCCCCCC=CCCCCCCCC. The van der Waals surface area contributed by atoms with Crippen molar-refractivity contribution in [1.29, 1.82) is 0 Å². The molecule has 0 saturated heterocycles. The van der Waals surface area contributed by atoms with Gasteiger partial charge in [-0.25, -0.2) is 0 Å². The van der Waals surface area contributed by atoms with Gasteiger partial charge in [-0.2, -0.15) is 0 Å². The van der Waals surface area contributed by atoms with Crippen LogP contribution in [0, 0.1) is 0 Å². The fourth-order valence-corrected chi connectivity index (χ4v) is 5.95. The molecule has 294 valence electrons. The van der Waals surface area contributed by atoms with E-state index in [1.807, 2.05) is 14.1 Å². The molecule has 0 N–H and O–H groups in total. The Balaban J connectivity index is 3.97. The van der Waals surface area contributed by atoms with E-state index in [1.54, 1.807) is 0 Å². The summed E-state index contributed by atoms with van der Waals surface area (Å²) < 4.78 is 17.7. The second-order valence-corrected chi connectivity index (χ2v) is 14.7. The molecule has 0 saturated carbocycles. The van der Waals surface area contributed by atoms with Crippen molar-refractivity contribution in [2.24, 2.45) is 0 Å². The highest BCUT2D eigenvalue weighted by atomic mass is 16.6. The Bertz CT molecular complexity index is 762. The van der Waals surface area contributed by atoms with Gasteiger partial charge in [0.2, 0.25) is 0 Å². The van der Waals surface area contributed by atoms with E-state index in [4.69, 9.17) is 14.2 Å².